The lowest BCUT2D eigenvalue weighted by molar-refractivity contribution is -0.138. The number of hydrogen-bond donors (Lipinski definition) is 1. The van der Waals surface area contributed by atoms with Gasteiger partial charge >= 0.3 is 12.1 Å². The predicted molar refractivity (Wildman–Crippen MR) is 108 cm³/mol. The highest BCUT2D eigenvalue weighted by molar-refractivity contribution is 5.67. The molecule has 0 amide bonds. The fraction of sp³-hybridized carbons (Fsp3) is 0.304. The van der Waals surface area contributed by atoms with E-state index in [0.717, 1.165) is 17.7 Å². The summed E-state index contributed by atoms with van der Waals surface area (Å²) in [6.45, 7) is 3.70. The summed E-state index contributed by atoms with van der Waals surface area (Å²) >= 11 is 0. The third kappa shape index (κ3) is 5.65. The number of aryl methyl sites for hydroxylation is 2. The van der Waals surface area contributed by atoms with Crippen LogP contribution in [0.3, 0.4) is 0 Å². The fourth-order valence-electron chi connectivity index (χ4n) is 3.10. The highest BCUT2D eigenvalue weighted by Crippen LogP contribution is 2.33. The zero-order valence-corrected chi connectivity index (χ0v) is 17.1. The molecule has 1 heterocycles. The molecule has 0 radical (unpaired) electrons. The van der Waals surface area contributed by atoms with Crippen molar-refractivity contribution in [2.45, 2.75) is 45.4 Å². The summed E-state index contributed by atoms with van der Waals surface area (Å²) in [4.78, 5) is 15.1. The normalized spacial score (nSPS) is 12.5. The third-order valence-corrected chi connectivity index (χ3v) is 4.75. The lowest BCUT2D eigenvalue weighted by Crippen LogP contribution is -2.05. The number of oxazole rings is 1. The van der Waals surface area contributed by atoms with E-state index in [2.05, 4.69) is 4.98 Å². The number of benzene rings is 2. The molecule has 1 atom stereocenters. The number of aromatic nitrogens is 1. The van der Waals surface area contributed by atoms with E-state index in [-0.39, 0.29) is 12.3 Å². The first kappa shape index (κ1) is 22.4. The van der Waals surface area contributed by atoms with Gasteiger partial charge in [-0.25, -0.2) is 4.98 Å². The maximum absolute atomic E-state index is 12.8. The Morgan fingerprint density at radius 1 is 1.13 bits per heavy atom. The van der Waals surface area contributed by atoms with Crippen molar-refractivity contribution in [2.24, 2.45) is 0 Å². The minimum atomic E-state index is -4.40. The van der Waals surface area contributed by atoms with Crippen LogP contribution in [0.4, 0.5) is 13.2 Å². The van der Waals surface area contributed by atoms with E-state index in [9.17, 15) is 18.0 Å². The second-order valence-corrected chi connectivity index (χ2v) is 7.06. The Balaban J connectivity index is 1.75. The van der Waals surface area contributed by atoms with E-state index in [1.165, 1.54) is 12.1 Å². The van der Waals surface area contributed by atoms with Gasteiger partial charge in [0.05, 0.1) is 11.3 Å². The van der Waals surface area contributed by atoms with E-state index < -0.39 is 23.8 Å². The number of alkyl halides is 3. The Hall–Kier alpha value is -3.29. The van der Waals surface area contributed by atoms with Crippen molar-refractivity contribution in [3.05, 3.63) is 71.1 Å². The SMILES string of the molecule is CCc1nc(-c2ccc(C(F)(F)F)cc2)oc1C(C)Oc1ccc(CCC(=O)O)cc1. The number of aliphatic carboxylic acids is 1. The molecule has 0 bridgehead atoms. The van der Waals surface area contributed by atoms with Gasteiger partial charge in [-0.1, -0.05) is 19.1 Å². The van der Waals surface area contributed by atoms with Crippen LogP contribution in [0.25, 0.3) is 11.5 Å². The Bertz CT molecular complexity index is 1020. The van der Waals surface area contributed by atoms with Crippen LogP contribution in [0.2, 0.25) is 0 Å². The zero-order valence-electron chi connectivity index (χ0n) is 17.1. The monoisotopic (exact) mass is 433 g/mol. The fourth-order valence-corrected chi connectivity index (χ4v) is 3.10. The molecule has 0 aliphatic heterocycles. The molecule has 164 valence electrons. The third-order valence-electron chi connectivity index (χ3n) is 4.75. The van der Waals surface area contributed by atoms with Crippen LogP contribution in [-0.4, -0.2) is 16.1 Å². The van der Waals surface area contributed by atoms with Crippen LogP contribution in [0.1, 0.15) is 49.0 Å². The number of carbonyl (C=O) groups is 1. The molecule has 0 aliphatic rings. The van der Waals surface area contributed by atoms with Gasteiger partial charge in [0.25, 0.3) is 0 Å². The maximum atomic E-state index is 12.8. The average molecular weight is 433 g/mol. The predicted octanol–water partition coefficient (Wildman–Crippen LogP) is 6.08. The summed E-state index contributed by atoms with van der Waals surface area (Å²) in [6.07, 6.45) is -3.82. The van der Waals surface area contributed by atoms with Gasteiger partial charge in [0, 0.05) is 12.0 Å². The van der Waals surface area contributed by atoms with Gasteiger partial charge in [0.2, 0.25) is 5.89 Å². The molecule has 3 rings (SSSR count). The van der Waals surface area contributed by atoms with Crippen molar-refractivity contribution in [1.82, 2.24) is 4.98 Å². The first-order valence-electron chi connectivity index (χ1n) is 9.82. The van der Waals surface area contributed by atoms with E-state index >= 15 is 0 Å². The second kappa shape index (κ2) is 9.24. The van der Waals surface area contributed by atoms with Crippen molar-refractivity contribution in [3.63, 3.8) is 0 Å². The molecule has 1 aromatic heterocycles. The minimum Gasteiger partial charge on any atom is -0.483 e. The Morgan fingerprint density at radius 2 is 1.77 bits per heavy atom. The van der Waals surface area contributed by atoms with Gasteiger partial charge in [-0.2, -0.15) is 13.2 Å². The molecule has 8 heteroatoms. The van der Waals surface area contributed by atoms with Crippen LogP contribution in [0, 0.1) is 0 Å². The zero-order chi connectivity index (χ0) is 22.6. The van der Waals surface area contributed by atoms with Crippen LogP contribution < -0.4 is 4.74 Å². The number of nitrogens with zero attached hydrogens (tertiary/aromatic N) is 1. The van der Waals surface area contributed by atoms with Crippen LogP contribution in [0.15, 0.2) is 52.9 Å². The number of carboxylic acid groups (broad SMARTS) is 1. The van der Waals surface area contributed by atoms with Gasteiger partial charge in [0.1, 0.15) is 5.75 Å². The number of rotatable bonds is 8. The largest absolute Gasteiger partial charge is 0.483 e. The lowest BCUT2D eigenvalue weighted by Gasteiger charge is -2.13. The van der Waals surface area contributed by atoms with E-state index in [4.69, 9.17) is 14.3 Å². The highest BCUT2D eigenvalue weighted by atomic mass is 19.4. The summed E-state index contributed by atoms with van der Waals surface area (Å²) in [5.74, 6) is 0.476. The molecule has 31 heavy (non-hydrogen) atoms. The summed E-state index contributed by atoms with van der Waals surface area (Å²) in [5.41, 5.74) is 1.27. The molecule has 0 aliphatic carbocycles. The summed E-state index contributed by atoms with van der Waals surface area (Å²) in [7, 11) is 0. The van der Waals surface area contributed by atoms with Crippen molar-refractivity contribution < 1.29 is 32.2 Å². The molecule has 2 aromatic carbocycles. The van der Waals surface area contributed by atoms with E-state index in [1.54, 1.807) is 31.2 Å². The molecule has 0 fully saturated rings. The second-order valence-electron chi connectivity index (χ2n) is 7.06. The van der Waals surface area contributed by atoms with Gasteiger partial charge in [0.15, 0.2) is 11.9 Å². The van der Waals surface area contributed by atoms with Crippen molar-refractivity contribution in [2.75, 3.05) is 0 Å². The van der Waals surface area contributed by atoms with Crippen LogP contribution >= 0.6 is 0 Å². The number of ether oxygens (including phenoxy) is 1. The molecule has 3 aromatic rings. The number of halogens is 3. The molecule has 0 saturated carbocycles. The van der Waals surface area contributed by atoms with E-state index in [0.29, 0.717) is 35.6 Å². The highest BCUT2D eigenvalue weighted by Gasteiger charge is 2.30. The summed E-state index contributed by atoms with van der Waals surface area (Å²) in [5, 5.41) is 8.77. The van der Waals surface area contributed by atoms with Crippen LogP contribution in [0.5, 0.6) is 5.75 Å². The average Bonchev–Trinajstić information content (AvgIpc) is 3.17. The molecule has 1 N–H and O–H groups in total. The van der Waals surface area contributed by atoms with Crippen molar-refractivity contribution in [1.29, 1.82) is 0 Å². The minimum absolute atomic E-state index is 0.0568. The van der Waals surface area contributed by atoms with Gasteiger partial charge in [-0.15, -0.1) is 0 Å². The van der Waals surface area contributed by atoms with Gasteiger partial charge in [-0.05, 0) is 61.7 Å². The molecule has 0 spiro atoms. The first-order chi connectivity index (χ1) is 14.7. The summed E-state index contributed by atoms with van der Waals surface area (Å²) < 4.78 is 50.1. The van der Waals surface area contributed by atoms with Crippen LogP contribution in [-0.2, 0) is 23.8 Å². The molecular formula is C23H22F3NO4. The molecule has 1 unspecified atom stereocenters. The first-order valence-corrected chi connectivity index (χ1v) is 9.82. The quantitative estimate of drug-likeness (QED) is 0.466. The Labute approximate surface area is 177 Å². The Kier molecular flexibility index (Phi) is 6.68. The molecule has 5 nitrogen and oxygen atoms in total. The standard InChI is InChI=1S/C23H22F3NO4/c1-3-19-21(14(2)30-18-11-4-15(5-12-18)6-13-20(28)29)31-22(27-19)16-7-9-17(10-8-16)23(24,25)26/h4-5,7-12,14H,3,6,13H2,1-2H3,(H,28,29). The smallest absolute Gasteiger partial charge is 0.416 e. The van der Waals surface area contributed by atoms with Gasteiger partial charge < -0.3 is 14.3 Å². The number of hydrogen-bond acceptors (Lipinski definition) is 4. The molecular weight excluding hydrogens is 411 g/mol. The topological polar surface area (TPSA) is 72.6 Å². The summed E-state index contributed by atoms with van der Waals surface area (Å²) in [6, 6.07) is 11.8. The molecule has 0 saturated heterocycles. The maximum Gasteiger partial charge on any atom is 0.416 e. The lowest BCUT2D eigenvalue weighted by atomic mass is 10.1. The van der Waals surface area contributed by atoms with Gasteiger partial charge in [-0.3, -0.25) is 4.79 Å². The Morgan fingerprint density at radius 3 is 2.32 bits per heavy atom. The van der Waals surface area contributed by atoms with Crippen molar-refractivity contribution >= 4 is 5.97 Å². The number of carboxylic acids is 1. The van der Waals surface area contributed by atoms with E-state index in [1.807, 2.05) is 6.92 Å². The van der Waals surface area contributed by atoms with Crippen molar-refractivity contribution in [3.8, 4) is 17.2 Å².